The molecule has 0 aliphatic rings. The van der Waals surface area contributed by atoms with Crippen LogP contribution < -0.4 is 10.5 Å². The highest BCUT2D eigenvalue weighted by Crippen LogP contribution is 2.18. The van der Waals surface area contributed by atoms with Crippen LogP contribution in [0.3, 0.4) is 0 Å². The van der Waals surface area contributed by atoms with E-state index in [1.165, 1.54) is 5.56 Å². The van der Waals surface area contributed by atoms with Gasteiger partial charge in [-0.1, -0.05) is 30.3 Å². The van der Waals surface area contributed by atoms with Crippen LogP contribution >= 0.6 is 0 Å². The summed E-state index contributed by atoms with van der Waals surface area (Å²) >= 11 is 0. The van der Waals surface area contributed by atoms with Crippen molar-refractivity contribution in [2.75, 3.05) is 6.61 Å². The molecule has 1 aromatic heterocycles. The summed E-state index contributed by atoms with van der Waals surface area (Å²) in [5, 5.41) is 0. The van der Waals surface area contributed by atoms with E-state index in [0.29, 0.717) is 19.0 Å². The first kappa shape index (κ1) is 13.6. The van der Waals surface area contributed by atoms with Gasteiger partial charge in [-0.2, -0.15) is 0 Å². The van der Waals surface area contributed by atoms with Crippen LogP contribution in [0.15, 0.2) is 42.6 Å². The van der Waals surface area contributed by atoms with Crippen molar-refractivity contribution < 1.29 is 4.74 Å². The second kappa shape index (κ2) is 6.90. The molecule has 2 N–H and O–H groups in total. The number of hydrogen-bond acceptors (Lipinski definition) is 3. The van der Waals surface area contributed by atoms with Gasteiger partial charge in [0.05, 0.1) is 6.61 Å². The number of pyridine rings is 1. The van der Waals surface area contributed by atoms with Crippen molar-refractivity contribution in [3.05, 3.63) is 59.3 Å². The van der Waals surface area contributed by atoms with Gasteiger partial charge in [0.2, 0.25) is 5.88 Å². The van der Waals surface area contributed by atoms with Gasteiger partial charge in [0.25, 0.3) is 0 Å². The zero-order valence-electron chi connectivity index (χ0n) is 11.3. The maximum Gasteiger partial charge on any atom is 0.218 e. The smallest absolute Gasteiger partial charge is 0.218 e. The maximum absolute atomic E-state index is 5.74. The standard InChI is InChI=1S/C16H20N2O/c1-13-9-10-18-16(15(13)12-17)19-11-5-8-14-6-3-2-4-7-14/h2-4,6-7,9-10H,5,8,11-12,17H2,1H3. The molecule has 0 radical (unpaired) electrons. The van der Waals surface area contributed by atoms with Crippen LogP contribution in [0.4, 0.5) is 0 Å². The van der Waals surface area contributed by atoms with Crippen LogP contribution in [-0.4, -0.2) is 11.6 Å². The van der Waals surface area contributed by atoms with Gasteiger partial charge < -0.3 is 10.5 Å². The van der Waals surface area contributed by atoms with Crippen molar-refractivity contribution >= 4 is 0 Å². The molecule has 3 nitrogen and oxygen atoms in total. The molecule has 0 atom stereocenters. The number of benzene rings is 1. The van der Waals surface area contributed by atoms with Crippen LogP contribution in [0.5, 0.6) is 5.88 Å². The van der Waals surface area contributed by atoms with Crippen molar-refractivity contribution in [1.29, 1.82) is 0 Å². The molecular weight excluding hydrogens is 236 g/mol. The van der Waals surface area contributed by atoms with Gasteiger partial charge in [-0.25, -0.2) is 4.98 Å². The zero-order valence-corrected chi connectivity index (χ0v) is 11.3. The number of aromatic nitrogens is 1. The summed E-state index contributed by atoms with van der Waals surface area (Å²) in [5.74, 6) is 0.676. The molecule has 2 rings (SSSR count). The summed E-state index contributed by atoms with van der Waals surface area (Å²) in [6.45, 7) is 3.16. The molecule has 0 aliphatic carbocycles. The van der Waals surface area contributed by atoms with Gasteiger partial charge in [-0.05, 0) is 37.0 Å². The lowest BCUT2D eigenvalue weighted by Gasteiger charge is -2.11. The number of rotatable bonds is 6. The monoisotopic (exact) mass is 256 g/mol. The zero-order chi connectivity index (χ0) is 13.5. The van der Waals surface area contributed by atoms with E-state index in [2.05, 4.69) is 29.2 Å². The lowest BCUT2D eigenvalue weighted by molar-refractivity contribution is 0.295. The summed E-state index contributed by atoms with van der Waals surface area (Å²) in [7, 11) is 0. The highest BCUT2D eigenvalue weighted by atomic mass is 16.5. The van der Waals surface area contributed by atoms with Crippen molar-refractivity contribution in [3.63, 3.8) is 0 Å². The van der Waals surface area contributed by atoms with E-state index in [1.807, 2.05) is 19.1 Å². The summed E-state index contributed by atoms with van der Waals surface area (Å²) in [4.78, 5) is 4.25. The Kier molecular flexibility index (Phi) is 4.93. The van der Waals surface area contributed by atoms with Gasteiger partial charge in [-0.15, -0.1) is 0 Å². The van der Waals surface area contributed by atoms with Gasteiger partial charge in [0, 0.05) is 18.3 Å². The molecule has 2 aromatic rings. The topological polar surface area (TPSA) is 48.1 Å². The van der Waals surface area contributed by atoms with Crippen LogP contribution in [0.2, 0.25) is 0 Å². The normalized spacial score (nSPS) is 10.4. The molecule has 100 valence electrons. The maximum atomic E-state index is 5.74. The first-order valence-electron chi connectivity index (χ1n) is 6.62. The Labute approximate surface area is 114 Å². The van der Waals surface area contributed by atoms with Crippen LogP contribution in [0.1, 0.15) is 23.1 Å². The van der Waals surface area contributed by atoms with E-state index in [4.69, 9.17) is 10.5 Å². The van der Waals surface area contributed by atoms with E-state index in [-0.39, 0.29) is 0 Å². The second-order valence-electron chi connectivity index (χ2n) is 4.55. The fourth-order valence-electron chi connectivity index (χ4n) is 2.03. The van der Waals surface area contributed by atoms with Crippen molar-refractivity contribution in [3.8, 4) is 5.88 Å². The third-order valence-electron chi connectivity index (χ3n) is 3.15. The molecule has 1 heterocycles. The third kappa shape index (κ3) is 3.80. The molecule has 0 fully saturated rings. The minimum absolute atomic E-state index is 0.466. The minimum atomic E-state index is 0.466. The Morgan fingerprint density at radius 3 is 2.68 bits per heavy atom. The molecular formula is C16H20N2O. The molecule has 0 unspecified atom stereocenters. The van der Waals surface area contributed by atoms with Crippen molar-refractivity contribution in [2.24, 2.45) is 5.73 Å². The summed E-state index contributed by atoms with van der Waals surface area (Å²) < 4.78 is 5.74. The molecule has 0 saturated heterocycles. The highest BCUT2D eigenvalue weighted by Gasteiger charge is 2.06. The van der Waals surface area contributed by atoms with Crippen molar-refractivity contribution in [1.82, 2.24) is 4.98 Å². The number of ether oxygens (including phenoxy) is 1. The van der Waals surface area contributed by atoms with Gasteiger partial charge in [0.1, 0.15) is 0 Å². The van der Waals surface area contributed by atoms with E-state index in [1.54, 1.807) is 6.20 Å². The quantitative estimate of drug-likeness (QED) is 0.808. The second-order valence-corrected chi connectivity index (χ2v) is 4.55. The Morgan fingerprint density at radius 1 is 1.16 bits per heavy atom. The summed E-state index contributed by atoms with van der Waals surface area (Å²) in [6, 6.07) is 12.4. The predicted molar refractivity (Wildman–Crippen MR) is 77.1 cm³/mol. The fraction of sp³-hybridized carbons (Fsp3) is 0.312. The third-order valence-corrected chi connectivity index (χ3v) is 3.15. The first-order valence-corrected chi connectivity index (χ1v) is 6.62. The number of aryl methyl sites for hydroxylation is 2. The van der Waals surface area contributed by atoms with Crippen LogP contribution in [0, 0.1) is 6.92 Å². The lowest BCUT2D eigenvalue weighted by atomic mass is 10.1. The lowest BCUT2D eigenvalue weighted by Crippen LogP contribution is -2.07. The van der Waals surface area contributed by atoms with Crippen LogP contribution in [0.25, 0.3) is 0 Å². The van der Waals surface area contributed by atoms with Gasteiger partial charge >= 0.3 is 0 Å². The van der Waals surface area contributed by atoms with E-state index >= 15 is 0 Å². The number of nitrogens with zero attached hydrogens (tertiary/aromatic N) is 1. The molecule has 0 aliphatic heterocycles. The van der Waals surface area contributed by atoms with Crippen LogP contribution in [-0.2, 0) is 13.0 Å². The van der Waals surface area contributed by atoms with E-state index < -0.39 is 0 Å². The van der Waals surface area contributed by atoms with Gasteiger partial charge in [-0.3, -0.25) is 0 Å². The predicted octanol–water partition coefficient (Wildman–Crippen LogP) is 2.86. The van der Waals surface area contributed by atoms with Crippen molar-refractivity contribution in [2.45, 2.75) is 26.3 Å². The highest BCUT2D eigenvalue weighted by molar-refractivity contribution is 5.33. The SMILES string of the molecule is Cc1ccnc(OCCCc2ccccc2)c1CN. The molecule has 1 aromatic carbocycles. The Bertz CT molecular complexity index is 511. The molecule has 0 saturated carbocycles. The molecule has 19 heavy (non-hydrogen) atoms. The molecule has 0 bridgehead atoms. The molecule has 3 heteroatoms. The Hall–Kier alpha value is -1.87. The van der Waals surface area contributed by atoms with E-state index in [0.717, 1.165) is 24.0 Å². The Morgan fingerprint density at radius 2 is 1.95 bits per heavy atom. The van der Waals surface area contributed by atoms with E-state index in [9.17, 15) is 0 Å². The summed E-state index contributed by atoms with van der Waals surface area (Å²) in [6.07, 6.45) is 3.76. The fourth-order valence-corrected chi connectivity index (χ4v) is 2.03. The average molecular weight is 256 g/mol. The minimum Gasteiger partial charge on any atom is -0.477 e. The number of nitrogens with two attached hydrogens (primary N) is 1. The van der Waals surface area contributed by atoms with Gasteiger partial charge in [0.15, 0.2) is 0 Å². The average Bonchev–Trinajstić information content (AvgIpc) is 2.45. The molecule has 0 spiro atoms. The largest absolute Gasteiger partial charge is 0.477 e. The Balaban J connectivity index is 1.85. The number of hydrogen-bond donors (Lipinski definition) is 1. The first-order chi connectivity index (χ1) is 9.31. The molecule has 0 amide bonds. The summed E-state index contributed by atoms with van der Waals surface area (Å²) in [5.41, 5.74) is 9.20.